The molecule has 18 heavy (non-hydrogen) atoms. The lowest BCUT2D eigenvalue weighted by atomic mass is 10.4. The SMILES string of the molecule is COc1ccsc1S(=O)(=O)N(C)[C@@H](C)C[S@@](C)=O. The van der Waals surface area contributed by atoms with Gasteiger partial charge in [-0.3, -0.25) is 4.21 Å². The smallest absolute Gasteiger partial charge is 0.256 e. The van der Waals surface area contributed by atoms with Crippen molar-refractivity contribution in [1.29, 1.82) is 0 Å². The molecule has 0 N–H and O–H groups in total. The Morgan fingerprint density at radius 3 is 2.67 bits per heavy atom. The van der Waals surface area contributed by atoms with Crippen LogP contribution in [0, 0.1) is 0 Å². The van der Waals surface area contributed by atoms with Crippen molar-refractivity contribution in [3.63, 3.8) is 0 Å². The monoisotopic (exact) mass is 311 g/mol. The summed E-state index contributed by atoms with van der Waals surface area (Å²) in [4.78, 5) is 0. The zero-order valence-electron chi connectivity index (χ0n) is 10.7. The molecule has 5 nitrogen and oxygen atoms in total. The fourth-order valence-electron chi connectivity index (χ4n) is 1.44. The summed E-state index contributed by atoms with van der Waals surface area (Å²) in [5.74, 6) is 0.653. The van der Waals surface area contributed by atoms with Gasteiger partial charge in [0.05, 0.1) is 7.11 Å². The summed E-state index contributed by atoms with van der Waals surface area (Å²) in [5, 5.41) is 1.67. The van der Waals surface area contributed by atoms with Crippen molar-refractivity contribution in [2.24, 2.45) is 0 Å². The van der Waals surface area contributed by atoms with E-state index < -0.39 is 20.8 Å². The van der Waals surface area contributed by atoms with Crippen molar-refractivity contribution in [2.75, 3.05) is 26.2 Å². The summed E-state index contributed by atoms with van der Waals surface area (Å²) >= 11 is 1.12. The standard InChI is InChI=1S/C10H17NO4S3/c1-8(7-17(4)12)11(2)18(13,14)10-9(15-3)5-6-16-10/h5-6,8H,7H2,1-4H3/t8-,17+/m0/s1. The van der Waals surface area contributed by atoms with Crippen molar-refractivity contribution >= 4 is 32.2 Å². The van der Waals surface area contributed by atoms with Gasteiger partial charge in [-0.05, 0) is 18.4 Å². The van der Waals surface area contributed by atoms with E-state index in [-0.39, 0.29) is 10.3 Å². The van der Waals surface area contributed by atoms with Gasteiger partial charge in [0.15, 0.2) is 4.21 Å². The van der Waals surface area contributed by atoms with Crippen LogP contribution in [0.4, 0.5) is 0 Å². The molecule has 0 unspecified atom stereocenters. The summed E-state index contributed by atoms with van der Waals surface area (Å²) in [6.07, 6.45) is 1.56. The predicted octanol–water partition coefficient (Wildman–Crippen LogP) is 1.14. The van der Waals surface area contributed by atoms with Gasteiger partial charge in [0, 0.05) is 35.9 Å². The third kappa shape index (κ3) is 3.31. The Kier molecular flexibility index (Phi) is 5.32. The van der Waals surface area contributed by atoms with Crippen molar-refractivity contribution in [3.8, 4) is 5.75 Å². The first kappa shape index (κ1) is 15.6. The molecule has 0 saturated heterocycles. The average Bonchev–Trinajstić information content (AvgIpc) is 2.75. The molecule has 0 spiro atoms. The molecule has 0 bridgehead atoms. The van der Waals surface area contributed by atoms with Crippen LogP contribution >= 0.6 is 11.3 Å². The highest BCUT2D eigenvalue weighted by Crippen LogP contribution is 2.32. The van der Waals surface area contributed by atoms with E-state index in [2.05, 4.69) is 0 Å². The fraction of sp³-hybridized carbons (Fsp3) is 0.600. The maximum atomic E-state index is 12.4. The summed E-state index contributed by atoms with van der Waals surface area (Å²) in [6, 6.07) is 1.29. The fourth-order valence-corrected chi connectivity index (χ4v) is 5.24. The second-order valence-corrected chi connectivity index (χ2v) is 8.48. The van der Waals surface area contributed by atoms with Gasteiger partial charge in [-0.2, -0.15) is 4.31 Å². The van der Waals surface area contributed by atoms with E-state index in [0.29, 0.717) is 11.5 Å². The van der Waals surface area contributed by atoms with E-state index in [0.717, 1.165) is 11.3 Å². The highest BCUT2D eigenvalue weighted by Gasteiger charge is 2.29. The lowest BCUT2D eigenvalue weighted by Gasteiger charge is -2.23. The Hall–Kier alpha value is -0.440. The quantitative estimate of drug-likeness (QED) is 0.790. The van der Waals surface area contributed by atoms with Gasteiger partial charge in [0.2, 0.25) is 0 Å². The molecule has 0 fully saturated rings. The second kappa shape index (κ2) is 6.14. The third-order valence-electron chi connectivity index (χ3n) is 2.53. The van der Waals surface area contributed by atoms with Crippen molar-refractivity contribution in [3.05, 3.63) is 11.4 Å². The van der Waals surface area contributed by atoms with Crippen LogP contribution in [0.15, 0.2) is 15.7 Å². The average molecular weight is 311 g/mol. The normalized spacial score (nSPS) is 15.6. The lowest BCUT2D eigenvalue weighted by molar-refractivity contribution is 0.393. The van der Waals surface area contributed by atoms with E-state index in [1.165, 1.54) is 18.5 Å². The van der Waals surface area contributed by atoms with Crippen molar-refractivity contribution < 1.29 is 17.4 Å². The number of nitrogens with zero attached hydrogens (tertiary/aromatic N) is 1. The van der Waals surface area contributed by atoms with Crippen molar-refractivity contribution in [2.45, 2.75) is 17.2 Å². The molecule has 0 aliphatic rings. The second-order valence-electron chi connectivity index (χ2n) is 3.89. The first-order valence-corrected chi connectivity index (χ1v) is 9.25. The number of thiophene rings is 1. The molecule has 0 aromatic carbocycles. The summed E-state index contributed by atoms with van der Waals surface area (Å²) in [6.45, 7) is 1.74. The van der Waals surface area contributed by atoms with E-state index in [9.17, 15) is 12.6 Å². The molecule has 104 valence electrons. The minimum absolute atomic E-state index is 0.182. The number of ether oxygens (including phenoxy) is 1. The zero-order chi connectivity index (χ0) is 13.9. The minimum Gasteiger partial charge on any atom is -0.494 e. The van der Waals surface area contributed by atoms with Gasteiger partial charge in [0.25, 0.3) is 10.0 Å². The number of methoxy groups -OCH3 is 1. The maximum Gasteiger partial charge on any atom is 0.256 e. The van der Waals surface area contributed by atoms with Gasteiger partial charge < -0.3 is 4.74 Å². The van der Waals surface area contributed by atoms with Crippen molar-refractivity contribution in [1.82, 2.24) is 4.31 Å². The molecule has 8 heteroatoms. The zero-order valence-corrected chi connectivity index (χ0v) is 13.2. The Balaban J connectivity index is 3.03. The number of rotatable bonds is 6. The predicted molar refractivity (Wildman–Crippen MR) is 74.2 cm³/mol. The summed E-state index contributed by atoms with van der Waals surface area (Å²) in [5.41, 5.74) is 0. The molecule has 1 heterocycles. The number of hydrogen-bond donors (Lipinski definition) is 0. The van der Waals surface area contributed by atoms with Gasteiger partial charge in [-0.15, -0.1) is 11.3 Å². The van der Waals surface area contributed by atoms with E-state index in [1.54, 1.807) is 24.6 Å². The van der Waals surface area contributed by atoms with Crippen LogP contribution in [0.5, 0.6) is 5.75 Å². The van der Waals surface area contributed by atoms with Crippen LogP contribution in [-0.4, -0.2) is 49.1 Å². The number of hydrogen-bond acceptors (Lipinski definition) is 5. The topological polar surface area (TPSA) is 63.7 Å². The molecule has 0 saturated carbocycles. The molecular formula is C10H17NO4S3. The van der Waals surface area contributed by atoms with Gasteiger partial charge in [-0.25, -0.2) is 8.42 Å². The largest absolute Gasteiger partial charge is 0.494 e. The van der Waals surface area contributed by atoms with Crippen LogP contribution < -0.4 is 4.74 Å². The van der Waals surface area contributed by atoms with E-state index in [1.807, 2.05) is 0 Å². The van der Waals surface area contributed by atoms with E-state index >= 15 is 0 Å². The molecular weight excluding hydrogens is 294 g/mol. The highest BCUT2D eigenvalue weighted by atomic mass is 32.2. The first-order chi connectivity index (χ1) is 8.30. The third-order valence-corrected chi connectivity index (χ3v) is 6.87. The van der Waals surface area contributed by atoms with Gasteiger partial charge in [-0.1, -0.05) is 0 Å². The van der Waals surface area contributed by atoms with Gasteiger partial charge >= 0.3 is 0 Å². The van der Waals surface area contributed by atoms with Crippen LogP contribution in [-0.2, 0) is 20.8 Å². The van der Waals surface area contributed by atoms with Crippen LogP contribution in [0.1, 0.15) is 6.92 Å². The maximum absolute atomic E-state index is 12.4. The Morgan fingerprint density at radius 2 is 2.17 bits per heavy atom. The number of sulfonamides is 1. The Morgan fingerprint density at radius 1 is 1.56 bits per heavy atom. The summed E-state index contributed by atoms with van der Waals surface area (Å²) < 4.78 is 42.3. The minimum atomic E-state index is -3.59. The first-order valence-electron chi connectivity index (χ1n) is 5.20. The van der Waals surface area contributed by atoms with Crippen LogP contribution in [0.25, 0.3) is 0 Å². The van der Waals surface area contributed by atoms with E-state index in [4.69, 9.17) is 4.74 Å². The molecule has 0 radical (unpaired) electrons. The Bertz CT molecular complexity index is 523. The molecule has 1 aromatic heterocycles. The highest BCUT2D eigenvalue weighted by molar-refractivity contribution is 7.91. The molecule has 0 aliphatic carbocycles. The molecule has 0 aliphatic heterocycles. The van der Waals surface area contributed by atoms with Crippen LogP contribution in [0.2, 0.25) is 0 Å². The molecule has 2 atom stereocenters. The van der Waals surface area contributed by atoms with Crippen LogP contribution in [0.3, 0.4) is 0 Å². The van der Waals surface area contributed by atoms with Gasteiger partial charge in [0.1, 0.15) is 5.75 Å². The molecule has 0 amide bonds. The Labute approximate surface area is 114 Å². The summed E-state index contributed by atoms with van der Waals surface area (Å²) in [7, 11) is -1.70. The lowest BCUT2D eigenvalue weighted by Crippen LogP contribution is -2.38. The molecule has 1 aromatic rings. The molecule has 1 rings (SSSR count).